The average Bonchev–Trinajstić information content (AvgIpc) is 3.17. The second-order valence-corrected chi connectivity index (χ2v) is 7.08. The molecule has 2 aliphatic rings. The van der Waals surface area contributed by atoms with E-state index in [4.69, 9.17) is 14.2 Å². The van der Waals surface area contributed by atoms with Gasteiger partial charge in [-0.2, -0.15) is 0 Å². The Balaban J connectivity index is 1.60. The highest BCUT2D eigenvalue weighted by atomic mass is 16.5. The highest BCUT2D eigenvalue weighted by Crippen LogP contribution is 2.12. The Morgan fingerprint density at radius 3 is 2.77 bits per heavy atom. The Hall–Kier alpha value is -0.890. The van der Waals surface area contributed by atoms with Crippen molar-refractivity contribution < 1.29 is 14.2 Å². The van der Waals surface area contributed by atoms with Crippen LogP contribution in [0.1, 0.15) is 39.0 Å². The lowest BCUT2D eigenvalue weighted by Gasteiger charge is -2.33. The van der Waals surface area contributed by atoms with Crippen LogP contribution in [-0.2, 0) is 14.2 Å². The summed E-state index contributed by atoms with van der Waals surface area (Å²) in [4.78, 5) is 7.18. The molecule has 0 spiro atoms. The van der Waals surface area contributed by atoms with Gasteiger partial charge >= 0.3 is 0 Å². The number of hydrogen-bond acceptors (Lipinski definition) is 5. The fourth-order valence-corrected chi connectivity index (χ4v) is 3.46. The molecule has 0 aromatic carbocycles. The summed E-state index contributed by atoms with van der Waals surface area (Å²) in [5.41, 5.74) is 0. The molecule has 7 nitrogen and oxygen atoms in total. The molecule has 1 unspecified atom stereocenters. The van der Waals surface area contributed by atoms with E-state index in [1.807, 2.05) is 0 Å². The lowest BCUT2D eigenvalue weighted by Crippen LogP contribution is -2.49. The van der Waals surface area contributed by atoms with Crippen LogP contribution >= 0.6 is 0 Å². The predicted molar refractivity (Wildman–Crippen MR) is 105 cm³/mol. The molecule has 2 saturated heterocycles. The lowest BCUT2D eigenvalue weighted by atomic mass is 10.1. The number of piperidine rings is 1. The van der Waals surface area contributed by atoms with Crippen LogP contribution in [0.4, 0.5) is 0 Å². The van der Waals surface area contributed by atoms with E-state index >= 15 is 0 Å². The topological polar surface area (TPSA) is 67.4 Å². The molecule has 2 heterocycles. The average molecular weight is 371 g/mol. The van der Waals surface area contributed by atoms with Crippen molar-refractivity contribution in [3.05, 3.63) is 0 Å². The van der Waals surface area contributed by atoms with Crippen molar-refractivity contribution in [1.29, 1.82) is 0 Å². The normalized spacial score (nSPS) is 22.7. The second kappa shape index (κ2) is 13.3. The summed E-state index contributed by atoms with van der Waals surface area (Å²) in [7, 11) is 1.77. The lowest BCUT2D eigenvalue weighted by molar-refractivity contribution is 0.0200. The minimum Gasteiger partial charge on any atom is -0.385 e. The minimum absolute atomic E-state index is 0.291. The van der Waals surface area contributed by atoms with Crippen LogP contribution in [0.5, 0.6) is 0 Å². The number of nitrogens with zero attached hydrogens (tertiary/aromatic N) is 2. The molecular formula is C19H38N4O3. The molecule has 0 saturated carbocycles. The molecule has 2 fully saturated rings. The number of guanidine groups is 1. The molecule has 0 bridgehead atoms. The van der Waals surface area contributed by atoms with Crippen molar-refractivity contribution in [3.63, 3.8) is 0 Å². The van der Waals surface area contributed by atoms with Gasteiger partial charge in [0.15, 0.2) is 5.96 Å². The number of methoxy groups -OCH3 is 1. The quantitative estimate of drug-likeness (QED) is 0.324. The molecule has 0 aliphatic carbocycles. The maximum absolute atomic E-state index is 5.69. The van der Waals surface area contributed by atoms with Crippen molar-refractivity contribution in [2.45, 2.75) is 51.2 Å². The van der Waals surface area contributed by atoms with Gasteiger partial charge in [-0.3, -0.25) is 4.99 Å². The largest absolute Gasteiger partial charge is 0.385 e. The number of hydrogen-bond donors (Lipinski definition) is 2. The maximum atomic E-state index is 5.69. The van der Waals surface area contributed by atoms with Gasteiger partial charge in [0, 0.05) is 52.5 Å². The molecule has 2 aliphatic heterocycles. The molecule has 0 aromatic heterocycles. The summed E-state index contributed by atoms with van der Waals surface area (Å²) in [5.74, 6) is 0.908. The molecule has 0 amide bonds. The fourth-order valence-electron chi connectivity index (χ4n) is 3.46. The van der Waals surface area contributed by atoms with Gasteiger partial charge in [-0.25, -0.2) is 0 Å². The highest BCUT2D eigenvalue weighted by Gasteiger charge is 2.19. The van der Waals surface area contributed by atoms with Gasteiger partial charge in [0.1, 0.15) is 0 Å². The van der Waals surface area contributed by atoms with Crippen molar-refractivity contribution in [2.24, 2.45) is 4.99 Å². The molecule has 1 atom stereocenters. The Bertz CT molecular complexity index is 381. The zero-order valence-corrected chi connectivity index (χ0v) is 16.7. The van der Waals surface area contributed by atoms with Crippen LogP contribution in [0.15, 0.2) is 4.99 Å². The summed E-state index contributed by atoms with van der Waals surface area (Å²) in [6.45, 7) is 10.2. The Labute approximate surface area is 158 Å². The molecule has 26 heavy (non-hydrogen) atoms. The molecule has 0 aromatic rings. The SMILES string of the molecule is CCNC(=NCCOCC1CCCO1)NC1CCN(CCCOC)CC1. The monoisotopic (exact) mass is 370 g/mol. The van der Waals surface area contributed by atoms with E-state index in [1.54, 1.807) is 7.11 Å². The molecular weight excluding hydrogens is 332 g/mol. The molecule has 2 N–H and O–H groups in total. The van der Waals surface area contributed by atoms with Crippen molar-refractivity contribution in [2.75, 3.05) is 66.3 Å². The summed E-state index contributed by atoms with van der Waals surface area (Å²) in [6.07, 6.45) is 6.01. The van der Waals surface area contributed by atoms with Crippen LogP contribution in [0, 0.1) is 0 Å². The van der Waals surface area contributed by atoms with Crippen LogP contribution in [0.2, 0.25) is 0 Å². The van der Waals surface area contributed by atoms with Gasteiger partial charge in [-0.05, 0) is 39.0 Å². The van der Waals surface area contributed by atoms with E-state index in [0.717, 1.165) is 77.5 Å². The van der Waals surface area contributed by atoms with Crippen LogP contribution in [-0.4, -0.2) is 89.3 Å². The van der Waals surface area contributed by atoms with Crippen LogP contribution in [0.3, 0.4) is 0 Å². The maximum Gasteiger partial charge on any atom is 0.191 e. The first kappa shape index (κ1) is 21.4. The number of aliphatic imine (C=N–C) groups is 1. The fraction of sp³-hybridized carbons (Fsp3) is 0.947. The summed E-state index contributed by atoms with van der Waals surface area (Å²) in [5, 5.41) is 6.93. The van der Waals surface area contributed by atoms with E-state index in [9.17, 15) is 0 Å². The van der Waals surface area contributed by atoms with Crippen LogP contribution in [0.25, 0.3) is 0 Å². The second-order valence-electron chi connectivity index (χ2n) is 7.08. The molecule has 7 heteroatoms. The van der Waals surface area contributed by atoms with Gasteiger partial charge in [0.05, 0.1) is 25.9 Å². The highest BCUT2D eigenvalue weighted by molar-refractivity contribution is 5.80. The number of likely N-dealkylation sites (tertiary alicyclic amines) is 1. The first-order chi connectivity index (χ1) is 12.8. The van der Waals surface area contributed by atoms with Gasteiger partial charge < -0.3 is 29.7 Å². The molecule has 152 valence electrons. The molecule has 0 radical (unpaired) electrons. The van der Waals surface area contributed by atoms with E-state index in [0.29, 0.717) is 31.9 Å². The zero-order chi connectivity index (χ0) is 18.5. The van der Waals surface area contributed by atoms with E-state index in [1.165, 1.54) is 0 Å². The Kier molecular flexibility index (Phi) is 11.0. The Morgan fingerprint density at radius 2 is 2.08 bits per heavy atom. The summed E-state index contributed by atoms with van der Waals surface area (Å²) in [6, 6.07) is 0.499. The summed E-state index contributed by atoms with van der Waals surface area (Å²) >= 11 is 0. The predicted octanol–water partition coefficient (Wildman–Crippen LogP) is 1.24. The number of rotatable bonds is 11. The van der Waals surface area contributed by atoms with Gasteiger partial charge in [0.25, 0.3) is 0 Å². The van der Waals surface area contributed by atoms with Gasteiger partial charge in [0.2, 0.25) is 0 Å². The van der Waals surface area contributed by atoms with Crippen molar-refractivity contribution >= 4 is 5.96 Å². The van der Waals surface area contributed by atoms with E-state index in [-0.39, 0.29) is 0 Å². The van der Waals surface area contributed by atoms with E-state index in [2.05, 4.69) is 27.4 Å². The van der Waals surface area contributed by atoms with Crippen molar-refractivity contribution in [1.82, 2.24) is 15.5 Å². The molecule has 2 rings (SSSR count). The van der Waals surface area contributed by atoms with Gasteiger partial charge in [-0.15, -0.1) is 0 Å². The smallest absolute Gasteiger partial charge is 0.191 e. The Morgan fingerprint density at radius 1 is 1.23 bits per heavy atom. The first-order valence-electron chi connectivity index (χ1n) is 10.3. The third-order valence-corrected chi connectivity index (χ3v) is 4.93. The minimum atomic E-state index is 0.291. The standard InChI is InChI=1S/C19H38N4O3/c1-3-20-19(21-9-15-25-16-18-6-4-14-26-18)22-17-7-11-23(12-8-17)10-5-13-24-2/h17-18H,3-16H2,1-2H3,(H2,20,21,22). The number of ether oxygens (including phenoxy) is 3. The van der Waals surface area contributed by atoms with Crippen LogP contribution < -0.4 is 10.6 Å². The summed E-state index contributed by atoms with van der Waals surface area (Å²) < 4.78 is 16.4. The zero-order valence-electron chi connectivity index (χ0n) is 16.7. The third-order valence-electron chi connectivity index (χ3n) is 4.93. The van der Waals surface area contributed by atoms with E-state index < -0.39 is 0 Å². The van der Waals surface area contributed by atoms with Gasteiger partial charge in [-0.1, -0.05) is 0 Å². The van der Waals surface area contributed by atoms with Crippen molar-refractivity contribution in [3.8, 4) is 0 Å². The third kappa shape index (κ3) is 8.66. The first-order valence-corrected chi connectivity index (χ1v) is 10.3. The number of nitrogens with one attached hydrogen (secondary N) is 2.